The van der Waals surface area contributed by atoms with Gasteiger partial charge >= 0.3 is 0 Å². The predicted octanol–water partition coefficient (Wildman–Crippen LogP) is 4.14. The second-order valence-corrected chi connectivity index (χ2v) is 13.3. The molecule has 0 N–H and O–H groups in total. The predicted molar refractivity (Wildman–Crippen MR) is 142 cm³/mol. The van der Waals surface area contributed by atoms with E-state index in [4.69, 9.17) is 14.6 Å². The van der Waals surface area contributed by atoms with Crippen LogP contribution in [-0.2, 0) is 21.2 Å². The molecule has 0 saturated carbocycles. The van der Waals surface area contributed by atoms with Gasteiger partial charge in [-0.15, -0.1) is 0 Å². The quantitative estimate of drug-likeness (QED) is 0.585. The Morgan fingerprint density at radius 2 is 1.78 bits per heavy atom. The van der Waals surface area contributed by atoms with E-state index in [1.165, 1.54) is 4.31 Å². The van der Waals surface area contributed by atoms with Crippen LogP contribution in [0, 0.1) is 12.3 Å². The van der Waals surface area contributed by atoms with Crippen LogP contribution in [0.2, 0.25) is 0 Å². The van der Waals surface area contributed by atoms with Gasteiger partial charge in [0, 0.05) is 30.6 Å². The summed E-state index contributed by atoms with van der Waals surface area (Å²) >= 11 is 0. The number of hydrogen-bond donors (Lipinski definition) is 0. The highest BCUT2D eigenvalue weighted by Crippen LogP contribution is 2.45. The average molecular weight is 526 g/mol. The molecule has 1 amide bonds. The first-order valence-corrected chi connectivity index (χ1v) is 14.2. The third-order valence-electron chi connectivity index (χ3n) is 7.56. The summed E-state index contributed by atoms with van der Waals surface area (Å²) in [6.45, 7) is 10.4. The first-order chi connectivity index (χ1) is 17.3. The topological polar surface area (TPSA) is 88.5 Å². The summed E-state index contributed by atoms with van der Waals surface area (Å²) in [4.78, 5) is 13.9. The molecule has 1 saturated heterocycles. The number of carbonyl (C=O) groups is 1. The van der Waals surface area contributed by atoms with Gasteiger partial charge in [0.05, 0.1) is 29.2 Å². The van der Waals surface area contributed by atoms with Crippen molar-refractivity contribution in [2.45, 2.75) is 70.4 Å². The van der Waals surface area contributed by atoms with Gasteiger partial charge in [-0.25, -0.2) is 13.4 Å². The molecule has 1 fully saturated rings. The smallest absolute Gasteiger partial charge is 0.254 e. The van der Waals surface area contributed by atoms with Gasteiger partial charge in [-0.1, -0.05) is 12.1 Å². The van der Waals surface area contributed by atoms with Crippen molar-refractivity contribution in [3.63, 3.8) is 0 Å². The molecule has 2 aromatic carbocycles. The first-order valence-electron chi connectivity index (χ1n) is 12.7. The van der Waals surface area contributed by atoms with Crippen LogP contribution < -0.4 is 9.47 Å². The summed E-state index contributed by atoms with van der Waals surface area (Å²) < 4.78 is 39.6. The lowest BCUT2D eigenvalue weighted by molar-refractivity contribution is -0.137. The van der Waals surface area contributed by atoms with E-state index in [2.05, 4.69) is 6.07 Å². The van der Waals surface area contributed by atoms with Gasteiger partial charge in [0.25, 0.3) is 5.91 Å². The fourth-order valence-corrected chi connectivity index (χ4v) is 7.13. The third-order valence-corrected chi connectivity index (χ3v) is 9.45. The second kappa shape index (κ2) is 8.84. The van der Waals surface area contributed by atoms with E-state index < -0.39 is 15.4 Å². The molecule has 0 bridgehead atoms. The highest BCUT2D eigenvalue weighted by Gasteiger charge is 2.48. The minimum absolute atomic E-state index is 0.0708. The van der Waals surface area contributed by atoms with Crippen molar-refractivity contribution in [2.75, 3.05) is 20.2 Å². The van der Waals surface area contributed by atoms with Crippen molar-refractivity contribution >= 4 is 21.6 Å². The van der Waals surface area contributed by atoms with E-state index in [9.17, 15) is 13.2 Å². The molecule has 0 aliphatic carbocycles. The number of fused-ring (bicyclic) bond motifs is 1. The molecule has 0 unspecified atom stereocenters. The summed E-state index contributed by atoms with van der Waals surface area (Å²) in [6, 6.07) is 10.8. The Balaban J connectivity index is 1.39. The summed E-state index contributed by atoms with van der Waals surface area (Å²) in [6.07, 6.45) is 1.80. The molecule has 0 spiro atoms. The van der Waals surface area contributed by atoms with Gasteiger partial charge in [-0.05, 0) is 77.3 Å². The lowest BCUT2D eigenvalue weighted by atomic mass is 9.82. The number of benzene rings is 2. The number of rotatable bonds is 5. The van der Waals surface area contributed by atoms with E-state index in [-0.39, 0.29) is 17.6 Å². The van der Waals surface area contributed by atoms with Gasteiger partial charge in [0.1, 0.15) is 5.60 Å². The van der Waals surface area contributed by atoms with E-state index in [0.29, 0.717) is 42.3 Å². The number of ether oxygens (including phenoxy) is 2. The standard InChI is InChI=1S/C28H35N3O5S/c1-18-8-7-9-22(14-18)37(33,34)30-12-10-21(11-13-30)31-26(32)28(4,5)25(29-31)19-15-20-17-27(2,3)36-24(20)23(16-19)35-6/h7-9,14-16,21H,10-13,17H2,1-6H3. The van der Waals surface area contributed by atoms with E-state index in [1.54, 1.807) is 30.3 Å². The fraction of sp³-hybridized carbons (Fsp3) is 0.500. The van der Waals surface area contributed by atoms with Crippen LogP contribution in [0.25, 0.3) is 0 Å². The molecule has 3 heterocycles. The lowest BCUT2D eigenvalue weighted by Crippen LogP contribution is -2.47. The van der Waals surface area contributed by atoms with Gasteiger partial charge in [0.2, 0.25) is 10.0 Å². The highest BCUT2D eigenvalue weighted by molar-refractivity contribution is 7.89. The van der Waals surface area contributed by atoms with E-state index in [0.717, 1.165) is 28.9 Å². The molecular formula is C28H35N3O5S. The number of methoxy groups -OCH3 is 1. The van der Waals surface area contributed by atoms with Crippen LogP contribution in [0.4, 0.5) is 0 Å². The Labute approximate surface area is 219 Å². The van der Waals surface area contributed by atoms with Crippen LogP contribution in [0.1, 0.15) is 57.2 Å². The zero-order valence-corrected chi connectivity index (χ0v) is 23.2. The van der Waals surface area contributed by atoms with E-state index >= 15 is 0 Å². The summed E-state index contributed by atoms with van der Waals surface area (Å²) in [5.74, 6) is 1.31. The highest BCUT2D eigenvalue weighted by atomic mass is 32.2. The molecule has 8 nitrogen and oxygen atoms in total. The lowest BCUT2D eigenvalue weighted by Gasteiger charge is -2.35. The number of sulfonamides is 1. The maximum absolute atomic E-state index is 13.6. The van der Waals surface area contributed by atoms with Gasteiger partial charge in [0.15, 0.2) is 11.5 Å². The average Bonchev–Trinajstić information content (AvgIpc) is 3.29. The fourth-order valence-electron chi connectivity index (χ4n) is 5.55. The van der Waals surface area contributed by atoms with Crippen LogP contribution in [0.15, 0.2) is 46.4 Å². The molecule has 0 radical (unpaired) electrons. The summed E-state index contributed by atoms with van der Waals surface area (Å²) in [5.41, 5.74) is 2.34. The van der Waals surface area contributed by atoms with Crippen molar-refractivity contribution in [1.29, 1.82) is 0 Å². The molecule has 0 atom stereocenters. The van der Waals surface area contributed by atoms with Crippen LogP contribution in [0.5, 0.6) is 11.5 Å². The molecule has 0 aromatic heterocycles. The minimum Gasteiger partial charge on any atom is -0.493 e. The molecule has 3 aliphatic rings. The number of amides is 1. The normalized spacial score (nSPS) is 21.5. The Hall–Kier alpha value is -2.91. The number of hydrazone groups is 1. The third kappa shape index (κ3) is 4.42. The Bertz CT molecular complexity index is 1390. The zero-order valence-electron chi connectivity index (χ0n) is 22.4. The van der Waals surface area contributed by atoms with Crippen molar-refractivity contribution in [2.24, 2.45) is 10.5 Å². The van der Waals surface area contributed by atoms with Crippen LogP contribution in [-0.4, -0.2) is 61.2 Å². The number of nitrogens with zero attached hydrogens (tertiary/aromatic N) is 3. The SMILES string of the molecule is COc1cc(C2=NN(C3CCN(S(=O)(=O)c4cccc(C)c4)CC3)C(=O)C2(C)C)cc2c1OC(C)(C)C2. The molecule has 2 aromatic rings. The maximum atomic E-state index is 13.6. The molecule has 9 heteroatoms. The van der Waals surface area contributed by atoms with Crippen molar-refractivity contribution < 1.29 is 22.7 Å². The largest absolute Gasteiger partial charge is 0.493 e. The first kappa shape index (κ1) is 25.7. The maximum Gasteiger partial charge on any atom is 0.254 e. The number of piperidine rings is 1. The van der Waals surface area contributed by atoms with Crippen LogP contribution in [0.3, 0.4) is 0 Å². The number of aryl methyl sites for hydroxylation is 1. The zero-order chi connectivity index (χ0) is 26.8. The van der Waals surface area contributed by atoms with Crippen molar-refractivity contribution in [3.05, 3.63) is 53.1 Å². The molecule has 37 heavy (non-hydrogen) atoms. The molecule has 3 aliphatic heterocycles. The number of carbonyl (C=O) groups excluding carboxylic acids is 1. The van der Waals surface area contributed by atoms with Crippen molar-refractivity contribution in [1.82, 2.24) is 9.31 Å². The van der Waals surface area contributed by atoms with Gasteiger partial charge in [-0.3, -0.25) is 4.79 Å². The van der Waals surface area contributed by atoms with E-state index in [1.807, 2.05) is 46.8 Å². The van der Waals surface area contributed by atoms with Gasteiger partial charge < -0.3 is 9.47 Å². The summed E-state index contributed by atoms with van der Waals surface area (Å²) in [5, 5.41) is 6.44. The Morgan fingerprint density at radius 1 is 1.08 bits per heavy atom. The monoisotopic (exact) mass is 525 g/mol. The minimum atomic E-state index is -3.58. The van der Waals surface area contributed by atoms with Crippen molar-refractivity contribution in [3.8, 4) is 11.5 Å². The Morgan fingerprint density at radius 3 is 2.43 bits per heavy atom. The Kier molecular flexibility index (Phi) is 6.15. The van der Waals surface area contributed by atoms with Crippen LogP contribution >= 0.6 is 0 Å². The molecule has 198 valence electrons. The molecular weight excluding hydrogens is 490 g/mol. The van der Waals surface area contributed by atoms with Gasteiger partial charge in [-0.2, -0.15) is 9.41 Å². The second-order valence-electron chi connectivity index (χ2n) is 11.4. The molecule has 5 rings (SSSR count). The number of hydrogen-bond acceptors (Lipinski definition) is 6. The summed E-state index contributed by atoms with van der Waals surface area (Å²) in [7, 11) is -1.96.